The number of benzene rings is 4. The lowest BCUT2D eigenvalue weighted by molar-refractivity contribution is -0.142. The number of amides is 2. The fraction of sp³-hybridized carbons (Fsp3) is 0.206. The van der Waals surface area contributed by atoms with Crippen molar-refractivity contribution in [2.75, 3.05) is 18.3 Å². The van der Waals surface area contributed by atoms with Crippen LogP contribution in [0, 0.1) is 17.8 Å². The van der Waals surface area contributed by atoms with Crippen LogP contribution in [0.2, 0.25) is 0 Å². The molecule has 42 heavy (non-hydrogen) atoms. The fourth-order valence-corrected chi connectivity index (χ4v) is 6.85. The molecule has 4 aromatic carbocycles. The van der Waals surface area contributed by atoms with Gasteiger partial charge in [0.2, 0.25) is 18.6 Å². The Bertz CT molecular complexity index is 1840. The molecule has 0 bridgehead atoms. The second-order valence-electron chi connectivity index (χ2n) is 10.8. The van der Waals surface area contributed by atoms with Gasteiger partial charge in [-0.15, -0.1) is 0 Å². The lowest BCUT2D eigenvalue weighted by Crippen LogP contribution is -2.42. The van der Waals surface area contributed by atoms with Crippen molar-refractivity contribution in [3.63, 3.8) is 0 Å². The summed E-state index contributed by atoms with van der Waals surface area (Å²) in [7, 11) is 0. The molecule has 0 saturated carbocycles. The predicted molar refractivity (Wildman–Crippen MR) is 153 cm³/mol. The second kappa shape index (κ2) is 9.21. The Morgan fingerprint density at radius 3 is 2.48 bits per heavy atom. The Morgan fingerprint density at radius 2 is 1.64 bits per heavy atom. The van der Waals surface area contributed by atoms with E-state index in [4.69, 9.17) is 18.9 Å². The Kier molecular flexibility index (Phi) is 5.41. The van der Waals surface area contributed by atoms with Crippen LogP contribution >= 0.6 is 0 Å². The maximum absolute atomic E-state index is 14.2. The first-order chi connectivity index (χ1) is 20.5. The quantitative estimate of drug-likeness (QED) is 0.186. The predicted octanol–water partition coefficient (Wildman–Crippen LogP) is 5.49. The molecule has 4 atom stereocenters. The zero-order chi connectivity index (χ0) is 28.5. The molecule has 208 valence electrons. The summed E-state index contributed by atoms with van der Waals surface area (Å²) in [5.74, 6) is -2.15. The summed E-state index contributed by atoms with van der Waals surface area (Å²) in [6.07, 6.45) is 1.98. The van der Waals surface area contributed by atoms with Crippen molar-refractivity contribution in [3.8, 4) is 23.0 Å². The van der Waals surface area contributed by atoms with Crippen molar-refractivity contribution in [1.82, 2.24) is 0 Å². The summed E-state index contributed by atoms with van der Waals surface area (Å²) in [6.45, 7) is 2.50. The van der Waals surface area contributed by atoms with Crippen LogP contribution in [0.15, 0.2) is 84.9 Å². The molecule has 3 aliphatic heterocycles. The molecule has 0 radical (unpaired) electrons. The minimum atomic E-state index is -0.938. The molecule has 2 amide bonds. The van der Waals surface area contributed by atoms with Gasteiger partial charge in [0.05, 0.1) is 30.0 Å². The fourth-order valence-electron chi connectivity index (χ4n) is 6.85. The van der Waals surface area contributed by atoms with Crippen molar-refractivity contribution in [3.05, 3.63) is 96.1 Å². The maximum Gasteiger partial charge on any atom is 0.319 e. The van der Waals surface area contributed by atoms with E-state index in [0.29, 0.717) is 40.9 Å². The average Bonchev–Trinajstić information content (AvgIpc) is 3.59. The van der Waals surface area contributed by atoms with Gasteiger partial charge >= 0.3 is 5.97 Å². The summed E-state index contributed by atoms with van der Waals surface area (Å²) >= 11 is 0. The normalized spacial score (nSPS) is 23.7. The average molecular weight is 560 g/mol. The van der Waals surface area contributed by atoms with Gasteiger partial charge in [-0.3, -0.25) is 14.4 Å². The minimum Gasteiger partial charge on any atom is -0.494 e. The van der Waals surface area contributed by atoms with Gasteiger partial charge in [0.15, 0.2) is 11.5 Å². The number of hydrogen-bond acceptors (Lipinski definition) is 7. The molecule has 4 aromatic rings. The van der Waals surface area contributed by atoms with Crippen LogP contribution in [0.5, 0.6) is 23.0 Å². The van der Waals surface area contributed by atoms with E-state index in [1.54, 1.807) is 24.3 Å². The molecule has 8 nitrogen and oxygen atoms in total. The summed E-state index contributed by atoms with van der Waals surface area (Å²) in [5.41, 5.74) is 2.69. The van der Waals surface area contributed by atoms with Crippen molar-refractivity contribution in [1.29, 1.82) is 0 Å². The number of esters is 1. The topological polar surface area (TPSA) is 91.4 Å². The number of carbonyl (C=O) groups excluding carboxylic acids is 3. The number of anilines is 1. The Balaban J connectivity index is 1.30. The van der Waals surface area contributed by atoms with E-state index in [9.17, 15) is 14.4 Å². The molecule has 0 unspecified atom stereocenters. The van der Waals surface area contributed by atoms with Crippen molar-refractivity contribution >= 4 is 39.8 Å². The van der Waals surface area contributed by atoms with E-state index >= 15 is 0 Å². The van der Waals surface area contributed by atoms with Gasteiger partial charge in [-0.05, 0) is 59.8 Å². The van der Waals surface area contributed by atoms with Crippen LogP contribution in [-0.2, 0) is 14.4 Å². The van der Waals surface area contributed by atoms with Gasteiger partial charge in [0.25, 0.3) is 0 Å². The third kappa shape index (κ3) is 3.51. The number of fused-ring (bicyclic) bond motifs is 8. The first-order valence-corrected chi connectivity index (χ1v) is 14.0. The molecule has 8 heteroatoms. The summed E-state index contributed by atoms with van der Waals surface area (Å²) in [5, 5.41) is 1.76. The lowest BCUT2D eigenvalue weighted by Gasteiger charge is -2.38. The van der Waals surface area contributed by atoms with Crippen LogP contribution in [-0.4, -0.2) is 31.2 Å². The molecule has 0 spiro atoms. The first-order valence-electron chi connectivity index (χ1n) is 14.0. The highest BCUT2D eigenvalue weighted by atomic mass is 16.7. The van der Waals surface area contributed by atoms with Gasteiger partial charge in [-0.25, -0.2) is 4.90 Å². The van der Waals surface area contributed by atoms with Crippen molar-refractivity contribution in [2.45, 2.75) is 12.8 Å². The van der Waals surface area contributed by atoms with Gasteiger partial charge in [-0.2, -0.15) is 0 Å². The standard InChI is InChI=1S/C34H25NO7/c1-2-39-21-11-9-20(10-12-21)35-32(36)28-24(19-8-14-26-27(15-19)41-17-40-26)16-25-23-13-7-18-5-3-4-6-22(18)31(23)42-34(38)29(25)30(28)33(35)37/h3-16,24,28-30H,2,17H2,1H3/t24-,28-,29+,30-/m0/s1. The van der Waals surface area contributed by atoms with E-state index in [1.165, 1.54) is 4.90 Å². The number of rotatable bonds is 4. The van der Waals surface area contributed by atoms with Gasteiger partial charge in [0, 0.05) is 16.9 Å². The third-order valence-corrected chi connectivity index (χ3v) is 8.67. The molecule has 0 aromatic heterocycles. The highest BCUT2D eigenvalue weighted by Crippen LogP contribution is 2.56. The van der Waals surface area contributed by atoms with E-state index in [1.807, 2.05) is 67.6 Å². The maximum atomic E-state index is 14.2. The van der Waals surface area contributed by atoms with E-state index < -0.39 is 35.5 Å². The van der Waals surface area contributed by atoms with Crippen LogP contribution in [0.3, 0.4) is 0 Å². The number of imide groups is 1. The van der Waals surface area contributed by atoms with Crippen molar-refractivity contribution < 1.29 is 33.3 Å². The Hall–Kier alpha value is -5.11. The number of ether oxygens (including phenoxy) is 4. The molecule has 1 fully saturated rings. The van der Waals surface area contributed by atoms with E-state index in [2.05, 4.69) is 0 Å². The summed E-state index contributed by atoms with van der Waals surface area (Å²) in [4.78, 5) is 43.5. The number of allylic oxidation sites excluding steroid dienone is 1. The minimum absolute atomic E-state index is 0.119. The molecule has 4 aliphatic rings. The molecule has 1 aliphatic carbocycles. The first kappa shape index (κ1) is 24.7. The third-order valence-electron chi connectivity index (χ3n) is 8.67. The van der Waals surface area contributed by atoms with Crippen LogP contribution < -0.4 is 23.8 Å². The van der Waals surface area contributed by atoms with Crippen LogP contribution in [0.25, 0.3) is 16.3 Å². The smallest absolute Gasteiger partial charge is 0.319 e. The number of hydrogen-bond donors (Lipinski definition) is 0. The Labute approximate surface area is 241 Å². The Morgan fingerprint density at radius 1 is 0.857 bits per heavy atom. The molecule has 3 heterocycles. The highest BCUT2D eigenvalue weighted by molar-refractivity contribution is 6.24. The second-order valence-corrected chi connectivity index (χ2v) is 10.8. The van der Waals surface area contributed by atoms with Crippen LogP contribution in [0.4, 0.5) is 5.69 Å². The van der Waals surface area contributed by atoms with Gasteiger partial charge in [-0.1, -0.05) is 48.5 Å². The number of nitrogens with zero attached hydrogens (tertiary/aromatic N) is 1. The van der Waals surface area contributed by atoms with Gasteiger partial charge in [0.1, 0.15) is 11.5 Å². The zero-order valence-corrected chi connectivity index (χ0v) is 22.6. The zero-order valence-electron chi connectivity index (χ0n) is 22.6. The number of carbonyl (C=O) groups is 3. The van der Waals surface area contributed by atoms with Crippen molar-refractivity contribution in [2.24, 2.45) is 17.8 Å². The summed E-state index contributed by atoms with van der Waals surface area (Å²) in [6, 6.07) is 24.1. The van der Waals surface area contributed by atoms with Gasteiger partial charge < -0.3 is 18.9 Å². The molecule has 8 rings (SSSR count). The lowest BCUT2D eigenvalue weighted by atomic mass is 9.64. The molecular formula is C34H25NO7. The van der Waals surface area contributed by atoms with Crippen LogP contribution in [0.1, 0.15) is 24.0 Å². The summed E-state index contributed by atoms with van der Waals surface area (Å²) < 4.78 is 22.7. The highest BCUT2D eigenvalue weighted by Gasteiger charge is 2.60. The molecule has 1 saturated heterocycles. The van der Waals surface area contributed by atoms with E-state index in [-0.39, 0.29) is 12.7 Å². The molecular weight excluding hydrogens is 534 g/mol. The monoisotopic (exact) mass is 559 g/mol. The largest absolute Gasteiger partial charge is 0.494 e. The van der Waals surface area contributed by atoms with E-state index in [0.717, 1.165) is 21.9 Å². The molecule has 0 N–H and O–H groups in total. The SMILES string of the molecule is CCOc1ccc(N2C(=O)[C@@H]3[C@@H]4C(=O)Oc5c(ccc6ccccc56)C4=C[C@@H](c4ccc5c(c4)OCO5)[C@@H]3C2=O)cc1.